The van der Waals surface area contributed by atoms with Crippen LogP contribution in [0, 0.1) is 0 Å². The predicted octanol–water partition coefficient (Wildman–Crippen LogP) is 2.28. The second-order valence-corrected chi connectivity index (χ2v) is 3.33. The average molecular weight is 138 g/mol. The maximum Gasteiger partial charge on any atom is 0.0710 e. The molecule has 0 radical (unpaired) electrons. The number of hydrogen-bond donors (Lipinski definition) is 0. The number of ether oxygens (including phenoxy) is 1. The average Bonchev–Trinajstić information content (AvgIpc) is 2.08. The summed E-state index contributed by atoms with van der Waals surface area (Å²) in [7, 11) is 0. The molecule has 2 aliphatic rings. The summed E-state index contributed by atoms with van der Waals surface area (Å²) in [5, 5.41) is 0. The van der Waals surface area contributed by atoms with Crippen molar-refractivity contribution in [2.75, 3.05) is 6.61 Å². The first kappa shape index (κ1) is 6.41. The van der Waals surface area contributed by atoms with Gasteiger partial charge < -0.3 is 4.74 Å². The fourth-order valence-corrected chi connectivity index (χ4v) is 1.84. The molecule has 0 aromatic rings. The third-order valence-corrected chi connectivity index (χ3v) is 2.67. The Morgan fingerprint density at radius 2 is 1.60 bits per heavy atom. The van der Waals surface area contributed by atoms with Gasteiger partial charge in [0.25, 0.3) is 0 Å². The summed E-state index contributed by atoms with van der Waals surface area (Å²) < 4.78 is 5.60. The summed E-state index contributed by atoms with van der Waals surface area (Å²) in [6, 6.07) is 0. The van der Waals surface area contributed by atoms with E-state index in [9.17, 15) is 0 Å². The zero-order valence-electron chi connectivity index (χ0n) is 6.31. The lowest BCUT2D eigenvalue weighted by atomic mass is 9.87. The van der Waals surface area contributed by atoms with Crippen molar-refractivity contribution in [3.05, 3.63) is 12.2 Å². The molecule has 0 bridgehead atoms. The van der Waals surface area contributed by atoms with Crippen LogP contribution in [0.15, 0.2) is 12.2 Å². The molecule has 0 saturated carbocycles. The molecule has 56 valence electrons. The molecule has 0 aromatic carbocycles. The molecule has 1 aliphatic heterocycles. The normalized spacial score (nSPS) is 29.6. The van der Waals surface area contributed by atoms with E-state index < -0.39 is 0 Å². The van der Waals surface area contributed by atoms with Gasteiger partial charge in [-0.25, -0.2) is 0 Å². The number of rotatable bonds is 0. The van der Waals surface area contributed by atoms with Crippen LogP contribution < -0.4 is 0 Å². The lowest BCUT2D eigenvalue weighted by molar-refractivity contribution is -0.153. The van der Waals surface area contributed by atoms with Gasteiger partial charge in [-0.15, -0.1) is 0 Å². The second kappa shape index (κ2) is 2.39. The van der Waals surface area contributed by atoms with Gasteiger partial charge in [-0.1, -0.05) is 12.2 Å². The second-order valence-electron chi connectivity index (χ2n) is 3.33. The van der Waals surface area contributed by atoms with Crippen LogP contribution in [0.2, 0.25) is 0 Å². The molecule has 0 aromatic heterocycles. The van der Waals surface area contributed by atoms with Crippen LogP contribution in [0.4, 0.5) is 0 Å². The Morgan fingerprint density at radius 3 is 2.00 bits per heavy atom. The zero-order chi connectivity index (χ0) is 6.86. The minimum Gasteiger partial charge on any atom is -0.375 e. The molecule has 2 rings (SSSR count). The van der Waals surface area contributed by atoms with Crippen molar-refractivity contribution < 1.29 is 4.74 Å². The summed E-state index contributed by atoms with van der Waals surface area (Å²) in [5.41, 5.74) is 0.323. The summed E-state index contributed by atoms with van der Waals surface area (Å²) in [6.45, 7) is 1.00. The van der Waals surface area contributed by atoms with Crippen molar-refractivity contribution in [1.29, 1.82) is 0 Å². The van der Waals surface area contributed by atoms with E-state index in [2.05, 4.69) is 12.2 Å². The van der Waals surface area contributed by atoms with E-state index in [0.29, 0.717) is 5.60 Å². The molecule has 1 spiro atoms. The Labute approximate surface area is 62.1 Å². The molecule has 0 amide bonds. The van der Waals surface area contributed by atoms with Crippen molar-refractivity contribution in [2.24, 2.45) is 0 Å². The number of hydrogen-bond acceptors (Lipinski definition) is 1. The molecule has 1 fully saturated rings. The smallest absolute Gasteiger partial charge is 0.0710 e. The molecular formula is C9H14O. The maximum absolute atomic E-state index is 5.60. The summed E-state index contributed by atoms with van der Waals surface area (Å²) in [4.78, 5) is 0. The molecule has 1 saturated heterocycles. The molecular weight excluding hydrogens is 124 g/mol. The quantitative estimate of drug-likeness (QED) is 0.466. The van der Waals surface area contributed by atoms with E-state index in [1.54, 1.807) is 0 Å². The minimum absolute atomic E-state index is 0.323. The predicted molar refractivity (Wildman–Crippen MR) is 40.9 cm³/mol. The first-order valence-corrected chi connectivity index (χ1v) is 4.20. The molecule has 1 nitrogen and oxygen atoms in total. The standard InChI is InChI=1S/C9H14O/c1-2-4-6-9(5-3-1)7-8-10-9/h1-2H,3-8H2. The molecule has 1 heteroatoms. The highest BCUT2D eigenvalue weighted by Gasteiger charge is 2.37. The first-order valence-electron chi connectivity index (χ1n) is 4.20. The Kier molecular flexibility index (Phi) is 1.53. The van der Waals surface area contributed by atoms with Gasteiger partial charge in [0.05, 0.1) is 12.2 Å². The van der Waals surface area contributed by atoms with Gasteiger partial charge in [-0.3, -0.25) is 0 Å². The van der Waals surface area contributed by atoms with Gasteiger partial charge >= 0.3 is 0 Å². The van der Waals surface area contributed by atoms with Crippen LogP contribution >= 0.6 is 0 Å². The number of allylic oxidation sites excluding steroid dienone is 2. The highest BCUT2D eigenvalue weighted by Crippen LogP contribution is 2.37. The third-order valence-electron chi connectivity index (χ3n) is 2.67. The topological polar surface area (TPSA) is 9.23 Å². The van der Waals surface area contributed by atoms with E-state index in [-0.39, 0.29) is 0 Å². The van der Waals surface area contributed by atoms with E-state index in [1.165, 1.54) is 32.1 Å². The third kappa shape index (κ3) is 0.988. The molecule has 0 N–H and O–H groups in total. The fourth-order valence-electron chi connectivity index (χ4n) is 1.84. The Balaban J connectivity index is 1.97. The van der Waals surface area contributed by atoms with E-state index >= 15 is 0 Å². The Hall–Kier alpha value is -0.300. The van der Waals surface area contributed by atoms with Crippen LogP contribution in [0.3, 0.4) is 0 Å². The van der Waals surface area contributed by atoms with Crippen molar-refractivity contribution >= 4 is 0 Å². The van der Waals surface area contributed by atoms with Crippen LogP contribution in [0.1, 0.15) is 32.1 Å². The summed E-state index contributed by atoms with van der Waals surface area (Å²) in [5.74, 6) is 0. The van der Waals surface area contributed by atoms with E-state index in [1.807, 2.05) is 0 Å². The molecule has 0 unspecified atom stereocenters. The molecule has 1 heterocycles. The lowest BCUT2D eigenvalue weighted by Gasteiger charge is -2.41. The van der Waals surface area contributed by atoms with Crippen molar-refractivity contribution in [3.63, 3.8) is 0 Å². The van der Waals surface area contributed by atoms with Crippen molar-refractivity contribution in [2.45, 2.75) is 37.7 Å². The van der Waals surface area contributed by atoms with Crippen molar-refractivity contribution in [3.8, 4) is 0 Å². The van der Waals surface area contributed by atoms with Crippen LogP contribution in [0.5, 0.6) is 0 Å². The van der Waals surface area contributed by atoms with Crippen LogP contribution in [-0.2, 0) is 4.74 Å². The summed E-state index contributed by atoms with van der Waals surface area (Å²) in [6.07, 6.45) is 10.8. The van der Waals surface area contributed by atoms with Gasteiger partial charge in [0.15, 0.2) is 0 Å². The van der Waals surface area contributed by atoms with Gasteiger partial charge in [-0.05, 0) is 32.1 Å². The van der Waals surface area contributed by atoms with Gasteiger partial charge in [0.2, 0.25) is 0 Å². The summed E-state index contributed by atoms with van der Waals surface area (Å²) >= 11 is 0. The van der Waals surface area contributed by atoms with Crippen LogP contribution in [-0.4, -0.2) is 12.2 Å². The van der Waals surface area contributed by atoms with Crippen LogP contribution in [0.25, 0.3) is 0 Å². The van der Waals surface area contributed by atoms with Gasteiger partial charge in [0, 0.05) is 0 Å². The van der Waals surface area contributed by atoms with Gasteiger partial charge in [0.1, 0.15) is 0 Å². The Morgan fingerprint density at radius 1 is 1.00 bits per heavy atom. The molecule has 10 heavy (non-hydrogen) atoms. The van der Waals surface area contributed by atoms with E-state index in [0.717, 1.165) is 6.61 Å². The Bertz CT molecular complexity index is 133. The maximum atomic E-state index is 5.60. The molecule has 0 atom stereocenters. The van der Waals surface area contributed by atoms with Crippen molar-refractivity contribution in [1.82, 2.24) is 0 Å². The largest absolute Gasteiger partial charge is 0.375 e. The minimum atomic E-state index is 0.323. The fraction of sp³-hybridized carbons (Fsp3) is 0.778. The highest BCUT2D eigenvalue weighted by atomic mass is 16.5. The lowest BCUT2D eigenvalue weighted by Crippen LogP contribution is -2.43. The molecule has 1 aliphatic carbocycles. The monoisotopic (exact) mass is 138 g/mol. The van der Waals surface area contributed by atoms with E-state index in [4.69, 9.17) is 4.74 Å². The SMILES string of the molecule is C1=CCCC2(CC1)CCO2. The highest BCUT2D eigenvalue weighted by molar-refractivity contribution is 4.97. The first-order chi connectivity index (χ1) is 4.91. The van der Waals surface area contributed by atoms with Gasteiger partial charge in [-0.2, -0.15) is 0 Å². The zero-order valence-corrected chi connectivity index (χ0v) is 6.31.